The number of carbonyl (C=O) groups excluding carboxylic acids is 1. The summed E-state index contributed by atoms with van der Waals surface area (Å²) in [6.45, 7) is 7.50. The van der Waals surface area contributed by atoms with Gasteiger partial charge in [0, 0.05) is 17.3 Å². The van der Waals surface area contributed by atoms with Gasteiger partial charge in [-0.3, -0.25) is 25.0 Å². The molecule has 0 heterocycles. The molecule has 0 aromatic heterocycles. The summed E-state index contributed by atoms with van der Waals surface area (Å²) in [6, 6.07) is 13.6. The van der Waals surface area contributed by atoms with E-state index in [9.17, 15) is 30.3 Å². The number of anilines is 1. The summed E-state index contributed by atoms with van der Waals surface area (Å²) in [5.74, 6) is -0.566. The Kier molecular flexibility index (Phi) is 8.75. The minimum atomic E-state index is -0.785. The quantitative estimate of drug-likeness (QED) is 0.107. The van der Waals surface area contributed by atoms with Crippen molar-refractivity contribution in [2.75, 3.05) is 12.4 Å². The molecule has 0 bridgehead atoms. The van der Waals surface area contributed by atoms with Gasteiger partial charge < -0.3 is 14.8 Å². The smallest absolute Gasteiger partial charge is 0.318 e. The zero-order chi connectivity index (χ0) is 28.7. The fourth-order valence-corrected chi connectivity index (χ4v) is 3.76. The molecule has 198 valence electrons. The Morgan fingerprint density at radius 3 is 2.41 bits per heavy atom. The molecular formula is C28H24N4O7. The van der Waals surface area contributed by atoms with E-state index in [0.717, 1.165) is 29.3 Å². The van der Waals surface area contributed by atoms with Crippen molar-refractivity contribution in [3.63, 3.8) is 0 Å². The zero-order valence-corrected chi connectivity index (χ0v) is 21.4. The second kappa shape index (κ2) is 12.2. The average Bonchev–Trinajstić information content (AvgIpc) is 2.89. The second-order valence-corrected chi connectivity index (χ2v) is 8.41. The predicted octanol–water partition coefficient (Wildman–Crippen LogP) is 6.19. The maximum absolute atomic E-state index is 12.8. The van der Waals surface area contributed by atoms with Crippen LogP contribution in [0.1, 0.15) is 22.3 Å². The van der Waals surface area contributed by atoms with Crippen LogP contribution in [0.25, 0.3) is 6.08 Å². The van der Waals surface area contributed by atoms with Crippen LogP contribution in [0.2, 0.25) is 0 Å². The number of nitrogens with zero attached hydrogens (tertiary/aromatic N) is 3. The molecule has 1 amide bonds. The van der Waals surface area contributed by atoms with E-state index in [2.05, 4.69) is 11.9 Å². The first-order chi connectivity index (χ1) is 18.6. The number of nitro benzene ring substituents is 2. The molecule has 1 N–H and O–H groups in total. The third-order valence-electron chi connectivity index (χ3n) is 5.61. The normalized spacial score (nSPS) is 10.8. The molecule has 0 aliphatic rings. The number of methoxy groups -OCH3 is 1. The van der Waals surface area contributed by atoms with Crippen molar-refractivity contribution < 1.29 is 24.1 Å². The minimum Gasteiger partial charge on any atom is -0.493 e. The van der Waals surface area contributed by atoms with Crippen molar-refractivity contribution >= 4 is 29.0 Å². The van der Waals surface area contributed by atoms with Gasteiger partial charge in [0.1, 0.15) is 11.6 Å². The highest BCUT2D eigenvalue weighted by molar-refractivity contribution is 6.10. The molecule has 3 aromatic carbocycles. The summed E-state index contributed by atoms with van der Waals surface area (Å²) < 4.78 is 11.3. The first kappa shape index (κ1) is 28.1. The van der Waals surface area contributed by atoms with Crippen molar-refractivity contribution in [1.82, 2.24) is 0 Å². The van der Waals surface area contributed by atoms with Gasteiger partial charge in [-0.05, 0) is 61.7 Å². The van der Waals surface area contributed by atoms with E-state index in [1.807, 2.05) is 32.0 Å². The van der Waals surface area contributed by atoms with Gasteiger partial charge in [-0.1, -0.05) is 23.8 Å². The monoisotopic (exact) mass is 528 g/mol. The molecule has 11 heteroatoms. The van der Waals surface area contributed by atoms with E-state index in [4.69, 9.17) is 9.47 Å². The van der Waals surface area contributed by atoms with E-state index >= 15 is 0 Å². The number of hydrogen-bond donors (Lipinski definition) is 1. The van der Waals surface area contributed by atoms with Gasteiger partial charge in [0.05, 0.1) is 23.0 Å². The molecular weight excluding hydrogens is 504 g/mol. The highest BCUT2D eigenvalue weighted by atomic mass is 16.6. The Morgan fingerprint density at radius 2 is 1.82 bits per heavy atom. The number of nitriles is 1. The average molecular weight is 529 g/mol. The highest BCUT2D eigenvalue weighted by Gasteiger charge is 2.24. The molecule has 0 fully saturated rings. The molecule has 3 rings (SSSR count). The Hall–Kier alpha value is -5.50. The van der Waals surface area contributed by atoms with Crippen LogP contribution in [0.4, 0.5) is 17.1 Å². The van der Waals surface area contributed by atoms with Crippen molar-refractivity contribution in [2.24, 2.45) is 0 Å². The highest BCUT2D eigenvalue weighted by Crippen LogP contribution is 2.41. The number of hydrogen-bond acceptors (Lipinski definition) is 8. The van der Waals surface area contributed by atoms with Crippen molar-refractivity contribution in [1.29, 1.82) is 5.26 Å². The molecule has 0 atom stereocenters. The molecule has 0 aliphatic heterocycles. The molecule has 0 unspecified atom stereocenters. The van der Waals surface area contributed by atoms with Crippen LogP contribution in [0.5, 0.6) is 17.2 Å². The Bertz CT molecular complexity index is 1550. The molecule has 3 aromatic rings. The molecule has 0 spiro atoms. The Morgan fingerprint density at radius 1 is 1.08 bits per heavy atom. The first-order valence-corrected chi connectivity index (χ1v) is 11.5. The number of aryl methyl sites for hydroxylation is 2. The predicted molar refractivity (Wildman–Crippen MR) is 145 cm³/mol. The van der Waals surface area contributed by atoms with Crippen molar-refractivity contribution in [3.8, 4) is 23.3 Å². The standard InChI is InChI=1S/C28H24N4O7/c1-5-6-20-12-19(13-21(16-29)28(33)30-23-9-7-17(2)11-18(23)3)14-26(38-4)27(20)39-25-10-8-22(31(34)35)15-24(25)32(36)37/h5,7-15H,1,6H2,2-4H3,(H,30,33)/b21-13+. The summed E-state index contributed by atoms with van der Waals surface area (Å²) >= 11 is 0. The molecule has 0 saturated heterocycles. The Balaban J connectivity index is 2.03. The summed E-state index contributed by atoms with van der Waals surface area (Å²) in [5.41, 5.74) is 2.14. The van der Waals surface area contributed by atoms with Crippen LogP contribution in [0.3, 0.4) is 0 Å². The van der Waals surface area contributed by atoms with Gasteiger partial charge in [-0.2, -0.15) is 5.26 Å². The number of non-ortho nitro benzene ring substituents is 1. The van der Waals surface area contributed by atoms with Crippen LogP contribution >= 0.6 is 0 Å². The van der Waals surface area contributed by atoms with Gasteiger partial charge in [-0.15, -0.1) is 6.58 Å². The molecule has 0 saturated carbocycles. The van der Waals surface area contributed by atoms with E-state index in [1.54, 1.807) is 18.2 Å². The van der Waals surface area contributed by atoms with E-state index < -0.39 is 27.1 Å². The summed E-state index contributed by atoms with van der Waals surface area (Å²) in [7, 11) is 1.36. The van der Waals surface area contributed by atoms with Crippen molar-refractivity contribution in [2.45, 2.75) is 20.3 Å². The van der Waals surface area contributed by atoms with E-state index in [-0.39, 0.29) is 29.2 Å². The third kappa shape index (κ3) is 6.64. The SMILES string of the molecule is C=CCc1cc(/C=C(\C#N)C(=O)Nc2ccc(C)cc2C)cc(OC)c1Oc1ccc([N+](=O)[O-])cc1[N+](=O)[O-]. The summed E-state index contributed by atoms with van der Waals surface area (Å²) in [5, 5.41) is 35.1. The number of allylic oxidation sites excluding steroid dienone is 1. The fraction of sp³-hybridized carbons (Fsp3) is 0.143. The molecule has 11 nitrogen and oxygen atoms in total. The maximum atomic E-state index is 12.8. The number of nitro groups is 2. The minimum absolute atomic E-state index is 0.116. The lowest BCUT2D eigenvalue weighted by atomic mass is 10.0. The maximum Gasteiger partial charge on any atom is 0.318 e. The lowest BCUT2D eigenvalue weighted by molar-refractivity contribution is -0.394. The van der Waals surface area contributed by atoms with Gasteiger partial charge in [0.2, 0.25) is 5.75 Å². The number of nitrogens with one attached hydrogen (secondary N) is 1. The lowest BCUT2D eigenvalue weighted by Gasteiger charge is -2.16. The van der Waals surface area contributed by atoms with Crippen LogP contribution in [0.15, 0.2) is 66.8 Å². The number of rotatable bonds is 10. The van der Waals surface area contributed by atoms with Crippen LogP contribution in [-0.2, 0) is 11.2 Å². The molecule has 0 aliphatic carbocycles. The molecule has 39 heavy (non-hydrogen) atoms. The van der Waals surface area contributed by atoms with Crippen LogP contribution in [-0.4, -0.2) is 22.9 Å². The van der Waals surface area contributed by atoms with Gasteiger partial charge in [0.15, 0.2) is 11.5 Å². The molecule has 0 radical (unpaired) electrons. The number of ether oxygens (including phenoxy) is 2. The van der Waals surface area contributed by atoms with Crippen molar-refractivity contribution in [3.05, 3.63) is 109 Å². The lowest BCUT2D eigenvalue weighted by Crippen LogP contribution is -2.14. The zero-order valence-electron chi connectivity index (χ0n) is 21.4. The first-order valence-electron chi connectivity index (χ1n) is 11.5. The number of carbonyl (C=O) groups is 1. The third-order valence-corrected chi connectivity index (χ3v) is 5.61. The van der Waals surface area contributed by atoms with Gasteiger partial charge in [-0.25, -0.2) is 0 Å². The topological polar surface area (TPSA) is 158 Å². The summed E-state index contributed by atoms with van der Waals surface area (Å²) in [4.78, 5) is 34.0. The fourth-order valence-electron chi connectivity index (χ4n) is 3.76. The van der Waals surface area contributed by atoms with Crippen LogP contribution in [0, 0.1) is 45.4 Å². The number of amides is 1. The number of benzene rings is 3. The van der Waals surface area contributed by atoms with Crippen LogP contribution < -0.4 is 14.8 Å². The summed E-state index contributed by atoms with van der Waals surface area (Å²) in [6.07, 6.45) is 3.19. The van der Waals surface area contributed by atoms with Gasteiger partial charge in [0.25, 0.3) is 11.6 Å². The van der Waals surface area contributed by atoms with Gasteiger partial charge >= 0.3 is 5.69 Å². The van der Waals surface area contributed by atoms with E-state index in [1.165, 1.54) is 19.3 Å². The van der Waals surface area contributed by atoms with E-state index in [0.29, 0.717) is 16.8 Å². The second-order valence-electron chi connectivity index (χ2n) is 8.41. The Labute approximate surface area is 223 Å². The largest absolute Gasteiger partial charge is 0.493 e.